The van der Waals surface area contributed by atoms with E-state index in [4.69, 9.17) is 0 Å². The quantitative estimate of drug-likeness (QED) is 0.165. The first-order valence-corrected chi connectivity index (χ1v) is 23.3. The molecule has 10 aromatic carbocycles. The fourth-order valence-corrected chi connectivity index (χ4v) is 12.4. The van der Waals surface area contributed by atoms with Gasteiger partial charge in [-0.3, -0.25) is 0 Å². The largest absolute Gasteiger partial charge is 0.310 e. The summed E-state index contributed by atoms with van der Waals surface area (Å²) in [6, 6.07) is 79.0. The Kier molecular flexibility index (Phi) is 7.62. The third-order valence-electron chi connectivity index (χ3n) is 14.2. The van der Waals surface area contributed by atoms with Crippen molar-refractivity contribution in [1.29, 1.82) is 0 Å². The van der Waals surface area contributed by atoms with Crippen LogP contribution in [0.4, 0.5) is 34.1 Å². The van der Waals surface area contributed by atoms with Crippen LogP contribution in [0.3, 0.4) is 0 Å². The van der Waals surface area contributed by atoms with Crippen molar-refractivity contribution < 1.29 is 0 Å². The van der Waals surface area contributed by atoms with E-state index in [1.165, 1.54) is 91.8 Å². The molecule has 4 heteroatoms. The van der Waals surface area contributed by atoms with E-state index in [0.29, 0.717) is 0 Å². The van der Waals surface area contributed by atoms with Crippen molar-refractivity contribution in [2.45, 2.75) is 19.3 Å². The van der Waals surface area contributed by atoms with E-state index >= 15 is 0 Å². The van der Waals surface area contributed by atoms with Gasteiger partial charge in [0, 0.05) is 81.3 Å². The van der Waals surface area contributed by atoms with Gasteiger partial charge in [0.15, 0.2) is 0 Å². The van der Waals surface area contributed by atoms with Crippen molar-refractivity contribution in [3.05, 3.63) is 223 Å². The molecule has 0 fully saturated rings. The third kappa shape index (κ3) is 5.17. The van der Waals surface area contributed by atoms with Gasteiger partial charge in [0.1, 0.15) is 0 Å². The molecule has 0 saturated heterocycles. The van der Waals surface area contributed by atoms with Crippen LogP contribution in [0.15, 0.2) is 212 Å². The third-order valence-corrected chi connectivity index (χ3v) is 15.4. The van der Waals surface area contributed by atoms with Crippen molar-refractivity contribution >= 4 is 98.2 Å². The average Bonchev–Trinajstić information content (AvgIpc) is 3.94. The minimum atomic E-state index is -0.249. The molecule has 65 heavy (non-hydrogen) atoms. The van der Waals surface area contributed by atoms with Gasteiger partial charge in [0.25, 0.3) is 0 Å². The lowest BCUT2D eigenvalue weighted by molar-refractivity contribution is 0.660. The van der Waals surface area contributed by atoms with Gasteiger partial charge in [-0.25, -0.2) is 0 Å². The smallest absolute Gasteiger partial charge is 0.0619 e. The Morgan fingerprint density at radius 1 is 0.400 bits per heavy atom. The van der Waals surface area contributed by atoms with E-state index in [1.807, 2.05) is 11.3 Å². The van der Waals surface area contributed by atoms with Crippen molar-refractivity contribution in [2.24, 2.45) is 0 Å². The number of fused-ring (bicyclic) bond motifs is 9. The second kappa shape index (κ2) is 13.5. The maximum atomic E-state index is 2.55. The molecule has 2 aliphatic rings. The zero-order valence-electron chi connectivity index (χ0n) is 36.0. The first-order chi connectivity index (χ1) is 32.0. The number of benzene rings is 10. The van der Waals surface area contributed by atoms with E-state index in [2.05, 4.69) is 241 Å². The van der Waals surface area contributed by atoms with Crippen LogP contribution in [-0.2, 0) is 5.41 Å². The van der Waals surface area contributed by atoms with E-state index in [1.54, 1.807) is 0 Å². The summed E-state index contributed by atoms with van der Waals surface area (Å²) in [5.41, 5.74) is 18.1. The van der Waals surface area contributed by atoms with Crippen molar-refractivity contribution in [1.82, 2.24) is 4.57 Å². The predicted molar refractivity (Wildman–Crippen MR) is 277 cm³/mol. The Labute approximate surface area is 381 Å². The van der Waals surface area contributed by atoms with Crippen molar-refractivity contribution in [3.63, 3.8) is 0 Å². The van der Waals surface area contributed by atoms with Gasteiger partial charge in [-0.15, -0.1) is 11.3 Å². The molecule has 0 amide bonds. The molecule has 1 aliphatic carbocycles. The fourth-order valence-electron chi connectivity index (χ4n) is 11.3. The number of nitrogens with zero attached hydrogens (tertiary/aromatic N) is 3. The fraction of sp³-hybridized carbons (Fsp3) is 0.0492. The standard InChI is InChI=1S/C61H41N3S/c1-61(2)51-27-16-29-54-59(51)58-50(48-26-15-25-47-45-23-11-13-28-53(45)64(54)60(47)48)35-43(36-52(58)61)63(40-20-7-4-8-21-40)55-37-42(33-38-17-9-10-22-44(38)55)62(39-18-5-3-6-19-39)41-31-32-57-49(34-41)46-24-12-14-30-56(46)65-57/h3-37H,1-2H3. The Balaban J connectivity index is 1.06. The predicted octanol–water partition coefficient (Wildman–Crippen LogP) is 17.5. The molecule has 3 nitrogen and oxygen atoms in total. The molecule has 2 aromatic heterocycles. The van der Waals surface area contributed by atoms with Crippen LogP contribution in [0.1, 0.15) is 25.0 Å². The topological polar surface area (TPSA) is 11.4 Å². The lowest BCUT2D eigenvalue weighted by Crippen LogP contribution is -2.17. The molecular weight excluding hydrogens is 807 g/mol. The number of hydrogen-bond donors (Lipinski definition) is 0. The summed E-state index contributed by atoms with van der Waals surface area (Å²) in [6.45, 7) is 4.83. The highest BCUT2D eigenvalue weighted by molar-refractivity contribution is 7.25. The highest BCUT2D eigenvalue weighted by Crippen LogP contribution is 2.59. The van der Waals surface area contributed by atoms with Gasteiger partial charge in [0.05, 0.1) is 22.4 Å². The number of thiophene rings is 1. The van der Waals surface area contributed by atoms with Gasteiger partial charge < -0.3 is 14.4 Å². The Bertz CT molecular complexity index is 3930. The van der Waals surface area contributed by atoms with E-state index in [-0.39, 0.29) is 5.41 Å². The summed E-state index contributed by atoms with van der Waals surface area (Å²) >= 11 is 1.86. The molecule has 0 saturated carbocycles. The number of anilines is 6. The van der Waals surface area contributed by atoms with Gasteiger partial charge >= 0.3 is 0 Å². The van der Waals surface area contributed by atoms with Crippen LogP contribution >= 0.6 is 11.3 Å². The lowest BCUT2D eigenvalue weighted by atomic mass is 9.81. The molecule has 14 rings (SSSR count). The highest BCUT2D eigenvalue weighted by atomic mass is 32.1. The van der Waals surface area contributed by atoms with Gasteiger partial charge in [-0.05, 0) is 113 Å². The molecule has 0 unspecified atom stereocenters. The van der Waals surface area contributed by atoms with Crippen LogP contribution in [0.5, 0.6) is 0 Å². The molecule has 306 valence electrons. The molecule has 0 atom stereocenters. The lowest BCUT2D eigenvalue weighted by Gasteiger charge is -2.32. The Hall–Kier alpha value is -7.92. The molecule has 0 spiro atoms. The van der Waals surface area contributed by atoms with Crippen LogP contribution in [0.2, 0.25) is 0 Å². The summed E-state index contributed by atoms with van der Waals surface area (Å²) in [5.74, 6) is 0. The van der Waals surface area contributed by atoms with Crippen LogP contribution in [0, 0.1) is 0 Å². The second-order valence-corrected chi connectivity index (χ2v) is 19.2. The van der Waals surface area contributed by atoms with E-state index < -0.39 is 0 Å². The minimum absolute atomic E-state index is 0.249. The monoisotopic (exact) mass is 847 g/mol. The number of aromatic nitrogens is 1. The van der Waals surface area contributed by atoms with Gasteiger partial charge in [-0.1, -0.05) is 141 Å². The Morgan fingerprint density at radius 3 is 1.89 bits per heavy atom. The Morgan fingerprint density at radius 2 is 1.06 bits per heavy atom. The maximum Gasteiger partial charge on any atom is 0.0619 e. The summed E-state index contributed by atoms with van der Waals surface area (Å²) in [5, 5.41) is 7.49. The molecule has 0 N–H and O–H groups in total. The first-order valence-electron chi connectivity index (χ1n) is 22.5. The molecule has 0 radical (unpaired) electrons. The van der Waals surface area contributed by atoms with Crippen LogP contribution in [-0.4, -0.2) is 4.57 Å². The summed E-state index contributed by atoms with van der Waals surface area (Å²) in [7, 11) is 0. The minimum Gasteiger partial charge on any atom is -0.310 e. The SMILES string of the molecule is CC1(C)c2cc(N(c3ccccc3)c3cc(N(c4ccccc4)c4ccc5sc6ccccc6c5c4)cc4ccccc34)cc3c2-c2c(cccc21)-n1c2ccccc2c2cccc-3c21. The summed E-state index contributed by atoms with van der Waals surface area (Å²) in [6.07, 6.45) is 0. The van der Waals surface area contributed by atoms with Crippen LogP contribution < -0.4 is 9.80 Å². The van der Waals surface area contributed by atoms with Crippen LogP contribution in [0.25, 0.3) is 80.7 Å². The highest BCUT2D eigenvalue weighted by Gasteiger charge is 2.41. The summed E-state index contributed by atoms with van der Waals surface area (Å²) < 4.78 is 5.15. The zero-order chi connectivity index (χ0) is 43.0. The first kappa shape index (κ1) is 36.6. The molecular formula is C61H41N3S. The van der Waals surface area contributed by atoms with E-state index in [9.17, 15) is 0 Å². The number of rotatable bonds is 6. The van der Waals surface area contributed by atoms with E-state index in [0.717, 1.165) is 34.1 Å². The second-order valence-electron chi connectivity index (χ2n) is 18.1. The normalized spacial score (nSPS) is 13.2. The molecule has 0 bridgehead atoms. The molecule has 1 aliphatic heterocycles. The molecule has 12 aromatic rings. The molecule has 3 heterocycles. The van der Waals surface area contributed by atoms with Gasteiger partial charge in [-0.2, -0.15) is 0 Å². The van der Waals surface area contributed by atoms with Crippen molar-refractivity contribution in [2.75, 3.05) is 9.80 Å². The maximum absolute atomic E-state index is 2.55. The number of para-hydroxylation sites is 4. The zero-order valence-corrected chi connectivity index (χ0v) is 36.8. The average molecular weight is 848 g/mol. The van der Waals surface area contributed by atoms with Gasteiger partial charge in [0.2, 0.25) is 0 Å². The summed E-state index contributed by atoms with van der Waals surface area (Å²) in [4.78, 5) is 4.95. The van der Waals surface area contributed by atoms with Crippen molar-refractivity contribution in [3.8, 4) is 27.9 Å². The number of hydrogen-bond acceptors (Lipinski definition) is 3.